The van der Waals surface area contributed by atoms with Crippen LogP contribution in [0.5, 0.6) is 0 Å². The minimum atomic E-state index is 0.0879. The van der Waals surface area contributed by atoms with Gasteiger partial charge in [-0.15, -0.1) is 0 Å². The summed E-state index contributed by atoms with van der Waals surface area (Å²) in [5.74, 6) is 0.268. The molecule has 1 amide bonds. The molecule has 0 aliphatic carbocycles. The van der Waals surface area contributed by atoms with Gasteiger partial charge in [0.2, 0.25) is 5.91 Å². The quantitative estimate of drug-likeness (QED) is 0.622. The van der Waals surface area contributed by atoms with Gasteiger partial charge in [-0.2, -0.15) is 0 Å². The molecule has 2 aliphatic rings. The molecule has 0 saturated carbocycles. The van der Waals surface area contributed by atoms with Gasteiger partial charge in [-0.3, -0.25) is 9.69 Å². The Morgan fingerprint density at radius 3 is 2.80 bits per heavy atom. The van der Waals surface area contributed by atoms with Gasteiger partial charge in [-0.1, -0.05) is 24.3 Å². The number of carbonyl (C=O) groups excluding carboxylic acids is 1. The number of carbonyl (C=O) groups is 1. The molecule has 2 heterocycles. The zero-order valence-corrected chi connectivity index (χ0v) is 8.81. The molecule has 78 valence electrons. The maximum atomic E-state index is 11.8. The highest BCUT2D eigenvalue weighted by atomic mass is 16.2. The van der Waals surface area contributed by atoms with Crippen molar-refractivity contribution in [2.24, 2.45) is 0 Å². The van der Waals surface area contributed by atoms with Crippen molar-refractivity contribution in [1.82, 2.24) is 9.80 Å². The lowest BCUT2D eigenvalue weighted by molar-refractivity contribution is -0.128. The van der Waals surface area contributed by atoms with E-state index in [4.69, 9.17) is 0 Å². The maximum absolute atomic E-state index is 11.8. The van der Waals surface area contributed by atoms with Gasteiger partial charge in [0.1, 0.15) is 0 Å². The Morgan fingerprint density at radius 2 is 2.00 bits per heavy atom. The SMILES string of the molecule is CN1CN2Cc3ccccc3C[C@@H]2C1=O. The fourth-order valence-electron chi connectivity index (χ4n) is 2.57. The summed E-state index contributed by atoms with van der Waals surface area (Å²) >= 11 is 0. The molecular weight excluding hydrogens is 188 g/mol. The number of likely N-dealkylation sites (N-methyl/N-ethyl adjacent to an activating group) is 1. The fourth-order valence-corrected chi connectivity index (χ4v) is 2.57. The Labute approximate surface area is 89.3 Å². The van der Waals surface area contributed by atoms with Crippen molar-refractivity contribution in [3.63, 3.8) is 0 Å². The number of hydrogen-bond donors (Lipinski definition) is 0. The average molecular weight is 202 g/mol. The summed E-state index contributed by atoms with van der Waals surface area (Å²) in [4.78, 5) is 15.9. The monoisotopic (exact) mass is 202 g/mol. The van der Waals surface area contributed by atoms with Gasteiger partial charge in [0.15, 0.2) is 0 Å². The molecule has 0 bridgehead atoms. The van der Waals surface area contributed by atoms with Crippen LogP contribution in [-0.4, -0.2) is 35.5 Å². The molecule has 2 aliphatic heterocycles. The van der Waals surface area contributed by atoms with E-state index >= 15 is 0 Å². The Balaban J connectivity index is 1.97. The van der Waals surface area contributed by atoms with Crippen LogP contribution in [0.2, 0.25) is 0 Å². The second-order valence-electron chi connectivity index (χ2n) is 4.41. The molecule has 1 saturated heterocycles. The molecule has 0 radical (unpaired) electrons. The first-order chi connectivity index (χ1) is 7.25. The lowest BCUT2D eigenvalue weighted by atomic mass is 9.95. The number of benzene rings is 1. The third-order valence-electron chi connectivity index (χ3n) is 3.40. The third kappa shape index (κ3) is 1.27. The van der Waals surface area contributed by atoms with E-state index in [1.165, 1.54) is 11.1 Å². The molecule has 0 aromatic heterocycles. The van der Waals surface area contributed by atoms with Crippen molar-refractivity contribution in [3.8, 4) is 0 Å². The van der Waals surface area contributed by atoms with Crippen LogP contribution in [0.1, 0.15) is 11.1 Å². The van der Waals surface area contributed by atoms with Gasteiger partial charge in [-0.25, -0.2) is 0 Å². The highest BCUT2D eigenvalue weighted by Crippen LogP contribution is 2.27. The Kier molecular flexibility index (Phi) is 1.83. The van der Waals surface area contributed by atoms with E-state index in [-0.39, 0.29) is 11.9 Å². The highest BCUT2D eigenvalue weighted by molar-refractivity contribution is 5.84. The van der Waals surface area contributed by atoms with Gasteiger partial charge in [0, 0.05) is 13.6 Å². The van der Waals surface area contributed by atoms with Crippen LogP contribution >= 0.6 is 0 Å². The van der Waals surface area contributed by atoms with E-state index in [9.17, 15) is 4.79 Å². The standard InChI is InChI=1S/C12H14N2O/c1-13-8-14-7-10-5-3-2-4-9(10)6-11(14)12(13)15/h2-5,11H,6-8H2,1H3/t11-/m1/s1. The largest absolute Gasteiger partial charge is 0.331 e. The molecule has 1 aromatic carbocycles. The molecule has 3 rings (SSSR count). The van der Waals surface area contributed by atoms with E-state index in [0.29, 0.717) is 0 Å². The van der Waals surface area contributed by atoms with Crippen molar-refractivity contribution in [2.75, 3.05) is 13.7 Å². The Hall–Kier alpha value is -1.35. The van der Waals surface area contributed by atoms with Crippen molar-refractivity contribution in [3.05, 3.63) is 35.4 Å². The predicted molar refractivity (Wildman–Crippen MR) is 57.1 cm³/mol. The third-order valence-corrected chi connectivity index (χ3v) is 3.40. The molecule has 1 atom stereocenters. The molecule has 1 fully saturated rings. The van der Waals surface area contributed by atoms with E-state index < -0.39 is 0 Å². The van der Waals surface area contributed by atoms with E-state index in [2.05, 4.69) is 29.2 Å². The van der Waals surface area contributed by atoms with Gasteiger partial charge in [-0.05, 0) is 17.5 Å². The van der Waals surface area contributed by atoms with Gasteiger partial charge in [0.25, 0.3) is 0 Å². The van der Waals surface area contributed by atoms with E-state index in [0.717, 1.165) is 19.6 Å². The summed E-state index contributed by atoms with van der Waals surface area (Å²) in [6, 6.07) is 8.51. The van der Waals surface area contributed by atoms with Gasteiger partial charge >= 0.3 is 0 Å². The smallest absolute Gasteiger partial charge is 0.241 e. The number of fused-ring (bicyclic) bond motifs is 2. The first-order valence-electron chi connectivity index (χ1n) is 5.31. The molecule has 3 nitrogen and oxygen atoms in total. The first kappa shape index (κ1) is 8.92. The summed E-state index contributed by atoms with van der Waals surface area (Å²) in [7, 11) is 1.88. The molecule has 1 aromatic rings. The van der Waals surface area contributed by atoms with E-state index in [1.807, 2.05) is 11.9 Å². The fraction of sp³-hybridized carbons (Fsp3) is 0.417. The van der Waals surface area contributed by atoms with Gasteiger partial charge in [0.05, 0.1) is 12.7 Å². The summed E-state index contributed by atoms with van der Waals surface area (Å²) in [6.07, 6.45) is 0.874. The average Bonchev–Trinajstić information content (AvgIpc) is 2.52. The predicted octanol–water partition coefficient (Wildman–Crippen LogP) is 0.843. The van der Waals surface area contributed by atoms with Gasteiger partial charge < -0.3 is 4.90 Å². The maximum Gasteiger partial charge on any atom is 0.241 e. The van der Waals surface area contributed by atoms with Crippen LogP contribution in [0, 0.1) is 0 Å². The van der Waals surface area contributed by atoms with Crippen molar-refractivity contribution in [1.29, 1.82) is 0 Å². The molecule has 0 N–H and O–H groups in total. The second kappa shape index (κ2) is 3.07. The number of nitrogens with zero attached hydrogens (tertiary/aromatic N) is 2. The number of amides is 1. The topological polar surface area (TPSA) is 23.6 Å². The first-order valence-corrected chi connectivity index (χ1v) is 5.31. The number of hydrogen-bond acceptors (Lipinski definition) is 2. The van der Waals surface area contributed by atoms with Crippen LogP contribution in [0.15, 0.2) is 24.3 Å². The van der Waals surface area contributed by atoms with Crippen molar-refractivity contribution < 1.29 is 4.79 Å². The summed E-state index contributed by atoms with van der Waals surface area (Å²) in [6.45, 7) is 1.69. The number of rotatable bonds is 0. The molecule has 3 heteroatoms. The summed E-state index contributed by atoms with van der Waals surface area (Å²) in [5.41, 5.74) is 2.71. The van der Waals surface area contributed by atoms with E-state index in [1.54, 1.807) is 0 Å². The summed E-state index contributed by atoms with van der Waals surface area (Å²) in [5, 5.41) is 0. The summed E-state index contributed by atoms with van der Waals surface area (Å²) < 4.78 is 0. The lowest BCUT2D eigenvalue weighted by Gasteiger charge is -2.28. The molecular formula is C12H14N2O. The second-order valence-corrected chi connectivity index (χ2v) is 4.41. The normalized spacial score (nSPS) is 25.3. The van der Waals surface area contributed by atoms with Crippen LogP contribution in [0.4, 0.5) is 0 Å². The van der Waals surface area contributed by atoms with Crippen LogP contribution < -0.4 is 0 Å². The minimum absolute atomic E-state index is 0.0879. The van der Waals surface area contributed by atoms with Crippen LogP contribution in [0.25, 0.3) is 0 Å². The zero-order valence-electron chi connectivity index (χ0n) is 8.81. The molecule has 15 heavy (non-hydrogen) atoms. The Morgan fingerprint density at radius 1 is 1.27 bits per heavy atom. The minimum Gasteiger partial charge on any atom is -0.331 e. The molecule has 0 unspecified atom stereocenters. The van der Waals surface area contributed by atoms with Crippen molar-refractivity contribution in [2.45, 2.75) is 19.0 Å². The van der Waals surface area contributed by atoms with Crippen molar-refractivity contribution >= 4 is 5.91 Å². The zero-order chi connectivity index (χ0) is 10.4. The Bertz CT molecular complexity index is 416. The molecule has 0 spiro atoms. The lowest BCUT2D eigenvalue weighted by Crippen LogP contribution is -2.38. The van der Waals surface area contributed by atoms with Crippen LogP contribution in [0.3, 0.4) is 0 Å². The van der Waals surface area contributed by atoms with Crippen LogP contribution in [-0.2, 0) is 17.8 Å². The highest BCUT2D eigenvalue weighted by Gasteiger charge is 2.39.